The van der Waals surface area contributed by atoms with Crippen LogP contribution in [0.25, 0.3) is 11.3 Å². The van der Waals surface area contributed by atoms with Gasteiger partial charge in [-0.05, 0) is 74.3 Å². The van der Waals surface area contributed by atoms with Crippen molar-refractivity contribution in [2.45, 2.75) is 32.0 Å². The van der Waals surface area contributed by atoms with Crippen LogP contribution in [0, 0.1) is 6.92 Å². The van der Waals surface area contributed by atoms with Crippen LogP contribution >= 0.6 is 0 Å². The quantitative estimate of drug-likeness (QED) is 0.215. The number of rotatable bonds is 10. The van der Waals surface area contributed by atoms with E-state index in [9.17, 15) is 23.1 Å². The van der Waals surface area contributed by atoms with E-state index in [2.05, 4.69) is 30.5 Å². The van der Waals surface area contributed by atoms with E-state index >= 15 is 0 Å². The summed E-state index contributed by atoms with van der Waals surface area (Å²) in [6.45, 7) is 3.30. The number of aliphatic hydroxyl groups excluding tert-OH is 1. The average Bonchev–Trinajstić information content (AvgIpc) is 3.46. The number of pyridine rings is 1. The van der Waals surface area contributed by atoms with E-state index in [0.717, 1.165) is 42.6 Å². The Labute approximate surface area is 246 Å². The molecule has 1 atom stereocenters. The van der Waals surface area contributed by atoms with Gasteiger partial charge < -0.3 is 20.5 Å². The van der Waals surface area contributed by atoms with Crippen molar-refractivity contribution >= 4 is 23.1 Å². The molecule has 5 rings (SSSR count). The van der Waals surface area contributed by atoms with Gasteiger partial charge in [0.05, 0.1) is 17.9 Å². The first kappa shape index (κ1) is 29.9. The maximum Gasteiger partial charge on any atom is 0.416 e. The number of hydrogen-bond donors (Lipinski definition) is 3. The van der Waals surface area contributed by atoms with Crippen LogP contribution in [0.2, 0.25) is 0 Å². The Hall–Kier alpha value is -4.55. The summed E-state index contributed by atoms with van der Waals surface area (Å²) in [5.41, 5.74) is 2.06. The normalized spacial score (nSPS) is 15.3. The number of anilines is 3. The molecule has 1 saturated heterocycles. The number of benzene rings is 2. The van der Waals surface area contributed by atoms with Crippen LogP contribution in [0.3, 0.4) is 0 Å². The molecule has 1 unspecified atom stereocenters. The standard InChI is InChI=1S/C31H31F3N6O3/c1-20-6-7-21(14-28(20)39-29-26(5-2-9-36-29)27-8-10-35-19-37-27)30(42)38-23-15-22(31(32,33)34)16-25(17-23)43-13-12-40-11-3-4-24(40)18-41/h2,5-10,14-17,19,24,41H,3-4,11-13,18H2,1H3,(H,36,39)(H,38,42). The zero-order valence-electron chi connectivity index (χ0n) is 23.4. The third-order valence-corrected chi connectivity index (χ3v) is 7.27. The van der Waals surface area contributed by atoms with Gasteiger partial charge >= 0.3 is 6.18 Å². The Bertz CT molecular complexity index is 1570. The number of hydrogen-bond acceptors (Lipinski definition) is 8. The van der Waals surface area contributed by atoms with Crippen LogP contribution in [0.1, 0.15) is 34.3 Å². The number of ether oxygens (including phenoxy) is 1. The fourth-order valence-corrected chi connectivity index (χ4v) is 4.99. The fourth-order valence-electron chi connectivity index (χ4n) is 4.99. The summed E-state index contributed by atoms with van der Waals surface area (Å²) >= 11 is 0. The first-order valence-electron chi connectivity index (χ1n) is 13.8. The average molecular weight is 593 g/mol. The highest BCUT2D eigenvalue weighted by Gasteiger charge is 2.32. The van der Waals surface area contributed by atoms with E-state index in [1.54, 1.807) is 42.7 Å². The van der Waals surface area contributed by atoms with E-state index in [1.165, 1.54) is 12.4 Å². The molecule has 3 heterocycles. The molecule has 1 amide bonds. The van der Waals surface area contributed by atoms with Gasteiger partial charge in [-0.25, -0.2) is 15.0 Å². The molecule has 43 heavy (non-hydrogen) atoms. The van der Waals surface area contributed by atoms with Crippen molar-refractivity contribution in [1.29, 1.82) is 0 Å². The molecule has 9 nitrogen and oxygen atoms in total. The molecule has 0 aliphatic carbocycles. The molecule has 0 spiro atoms. The Morgan fingerprint density at radius 1 is 1.12 bits per heavy atom. The number of aromatic nitrogens is 3. The van der Waals surface area contributed by atoms with Gasteiger partial charge in [0.1, 0.15) is 24.5 Å². The monoisotopic (exact) mass is 592 g/mol. The second-order valence-electron chi connectivity index (χ2n) is 10.2. The zero-order chi connectivity index (χ0) is 30.4. The predicted molar refractivity (Wildman–Crippen MR) is 156 cm³/mol. The summed E-state index contributed by atoms with van der Waals surface area (Å²) in [6.07, 6.45) is 1.87. The minimum Gasteiger partial charge on any atom is -0.492 e. The number of nitrogens with zero attached hydrogens (tertiary/aromatic N) is 4. The summed E-state index contributed by atoms with van der Waals surface area (Å²) in [4.78, 5) is 27.9. The second kappa shape index (κ2) is 13.2. The molecule has 1 aliphatic heterocycles. The molecule has 4 aromatic rings. The number of alkyl halides is 3. The number of likely N-dealkylation sites (tertiary alicyclic amines) is 1. The summed E-state index contributed by atoms with van der Waals surface area (Å²) in [6, 6.07) is 13.5. The van der Waals surface area contributed by atoms with Gasteiger partial charge in [-0.1, -0.05) is 6.07 Å². The van der Waals surface area contributed by atoms with Crippen molar-refractivity contribution < 1.29 is 27.8 Å². The van der Waals surface area contributed by atoms with Crippen LogP contribution in [0.5, 0.6) is 5.75 Å². The predicted octanol–water partition coefficient (Wildman–Crippen LogP) is 5.70. The van der Waals surface area contributed by atoms with Crippen molar-refractivity contribution in [3.8, 4) is 17.0 Å². The second-order valence-corrected chi connectivity index (χ2v) is 10.2. The van der Waals surface area contributed by atoms with Crippen molar-refractivity contribution in [3.63, 3.8) is 0 Å². The lowest BCUT2D eigenvalue weighted by molar-refractivity contribution is -0.137. The summed E-state index contributed by atoms with van der Waals surface area (Å²) < 4.78 is 46.8. The van der Waals surface area contributed by atoms with E-state index in [-0.39, 0.29) is 36.3 Å². The molecular formula is C31H31F3N6O3. The largest absolute Gasteiger partial charge is 0.492 e. The third kappa shape index (κ3) is 7.46. The smallest absolute Gasteiger partial charge is 0.416 e. The molecular weight excluding hydrogens is 561 g/mol. The van der Waals surface area contributed by atoms with E-state index < -0.39 is 17.6 Å². The van der Waals surface area contributed by atoms with Gasteiger partial charge in [0.15, 0.2) is 0 Å². The Kier molecular flexibility index (Phi) is 9.17. The fraction of sp³-hybridized carbons (Fsp3) is 0.290. The maximum atomic E-state index is 13.7. The molecule has 0 radical (unpaired) electrons. The van der Waals surface area contributed by atoms with E-state index in [1.807, 2.05) is 13.0 Å². The van der Waals surface area contributed by atoms with Crippen LogP contribution in [-0.4, -0.2) is 63.2 Å². The maximum absolute atomic E-state index is 13.7. The van der Waals surface area contributed by atoms with Crippen molar-refractivity contribution in [3.05, 3.63) is 90.0 Å². The minimum atomic E-state index is -4.64. The highest BCUT2D eigenvalue weighted by Crippen LogP contribution is 2.35. The molecule has 2 aromatic heterocycles. The highest BCUT2D eigenvalue weighted by molar-refractivity contribution is 6.05. The van der Waals surface area contributed by atoms with Gasteiger partial charge in [-0.3, -0.25) is 9.69 Å². The van der Waals surface area contributed by atoms with Crippen molar-refractivity contribution in [2.75, 3.05) is 36.9 Å². The molecule has 12 heteroatoms. The summed E-state index contributed by atoms with van der Waals surface area (Å²) in [5.74, 6) is -0.0856. The molecule has 1 fully saturated rings. The summed E-state index contributed by atoms with van der Waals surface area (Å²) in [7, 11) is 0. The zero-order valence-corrected chi connectivity index (χ0v) is 23.4. The number of halogens is 3. The van der Waals surface area contributed by atoms with Crippen LogP contribution < -0.4 is 15.4 Å². The molecule has 0 saturated carbocycles. The number of carbonyl (C=O) groups is 1. The Morgan fingerprint density at radius 3 is 2.74 bits per heavy atom. The van der Waals surface area contributed by atoms with Gasteiger partial charge in [0, 0.05) is 53.5 Å². The third-order valence-electron chi connectivity index (χ3n) is 7.27. The minimum absolute atomic E-state index is 0.0106. The Balaban J connectivity index is 1.33. The topological polar surface area (TPSA) is 112 Å². The van der Waals surface area contributed by atoms with Gasteiger partial charge in [-0.15, -0.1) is 0 Å². The van der Waals surface area contributed by atoms with Gasteiger partial charge in [0.2, 0.25) is 0 Å². The van der Waals surface area contributed by atoms with Gasteiger partial charge in [-0.2, -0.15) is 13.2 Å². The Morgan fingerprint density at radius 2 is 1.98 bits per heavy atom. The van der Waals surface area contributed by atoms with Crippen LogP contribution in [-0.2, 0) is 6.18 Å². The molecule has 3 N–H and O–H groups in total. The van der Waals surface area contributed by atoms with E-state index in [0.29, 0.717) is 23.7 Å². The lowest BCUT2D eigenvalue weighted by Crippen LogP contribution is -2.35. The highest BCUT2D eigenvalue weighted by atomic mass is 19.4. The van der Waals surface area contributed by atoms with E-state index in [4.69, 9.17) is 4.74 Å². The van der Waals surface area contributed by atoms with Crippen LogP contribution in [0.15, 0.2) is 73.3 Å². The molecule has 2 aromatic carbocycles. The number of nitrogens with one attached hydrogen (secondary N) is 2. The summed E-state index contributed by atoms with van der Waals surface area (Å²) in [5, 5.41) is 15.3. The number of carbonyl (C=O) groups excluding carboxylic acids is 1. The van der Waals surface area contributed by atoms with Crippen molar-refractivity contribution in [1.82, 2.24) is 19.9 Å². The first-order valence-corrected chi connectivity index (χ1v) is 13.8. The number of aryl methyl sites for hydroxylation is 1. The lowest BCUT2D eigenvalue weighted by atomic mass is 10.1. The lowest BCUT2D eigenvalue weighted by Gasteiger charge is -2.22. The molecule has 0 bridgehead atoms. The van der Waals surface area contributed by atoms with Crippen molar-refractivity contribution in [2.24, 2.45) is 0 Å². The van der Waals surface area contributed by atoms with Gasteiger partial charge in [0.25, 0.3) is 5.91 Å². The SMILES string of the molecule is Cc1ccc(C(=O)Nc2cc(OCCN3CCCC3CO)cc(C(F)(F)F)c2)cc1Nc1ncccc1-c1ccncn1. The van der Waals surface area contributed by atoms with Crippen LogP contribution in [0.4, 0.5) is 30.4 Å². The number of aliphatic hydroxyl groups is 1. The first-order chi connectivity index (χ1) is 20.7. The number of amides is 1. The molecule has 224 valence electrons. The molecule has 1 aliphatic rings.